The summed E-state index contributed by atoms with van der Waals surface area (Å²) in [5, 5.41) is 18.2. The molecule has 86 valence electrons. The third kappa shape index (κ3) is 2.12. The summed E-state index contributed by atoms with van der Waals surface area (Å²) in [6.45, 7) is -0.0597. The predicted octanol–water partition coefficient (Wildman–Crippen LogP) is 2.38. The van der Waals surface area contributed by atoms with Gasteiger partial charge in [0.15, 0.2) is 0 Å². The van der Waals surface area contributed by atoms with Gasteiger partial charge in [0.1, 0.15) is 4.75 Å². The van der Waals surface area contributed by atoms with Crippen LogP contribution in [0.15, 0.2) is 33.6 Å². The van der Waals surface area contributed by atoms with Gasteiger partial charge >= 0.3 is 5.97 Å². The van der Waals surface area contributed by atoms with Crippen molar-refractivity contribution in [1.29, 1.82) is 0 Å². The monoisotopic (exact) mass is 302 g/mol. The maximum atomic E-state index is 11.2. The first-order valence-electron chi connectivity index (χ1n) is 4.87. The van der Waals surface area contributed by atoms with Crippen LogP contribution in [0, 0.1) is 5.92 Å². The van der Waals surface area contributed by atoms with Crippen LogP contribution in [0.2, 0.25) is 0 Å². The SMILES string of the molecule is O=C(O)C1(Sc2ccc(Br)cc2)CC1CO. The number of thioether (sulfide) groups is 1. The maximum absolute atomic E-state index is 11.2. The highest BCUT2D eigenvalue weighted by molar-refractivity contribution is 9.10. The predicted molar refractivity (Wildman–Crippen MR) is 65.6 cm³/mol. The van der Waals surface area contributed by atoms with E-state index in [1.54, 1.807) is 0 Å². The lowest BCUT2D eigenvalue weighted by molar-refractivity contribution is -0.137. The molecule has 0 bridgehead atoms. The molecule has 0 spiro atoms. The molecule has 1 saturated carbocycles. The van der Waals surface area contributed by atoms with Crippen molar-refractivity contribution < 1.29 is 15.0 Å². The minimum atomic E-state index is -0.834. The molecule has 1 aliphatic carbocycles. The number of aliphatic carboxylic acids is 1. The molecule has 0 amide bonds. The maximum Gasteiger partial charge on any atom is 0.320 e. The van der Waals surface area contributed by atoms with Gasteiger partial charge in [0.25, 0.3) is 0 Å². The average Bonchev–Trinajstić information content (AvgIpc) is 2.97. The van der Waals surface area contributed by atoms with E-state index in [9.17, 15) is 9.90 Å². The molecular formula is C11H11BrO3S. The van der Waals surface area contributed by atoms with E-state index >= 15 is 0 Å². The zero-order chi connectivity index (χ0) is 11.8. The summed E-state index contributed by atoms with van der Waals surface area (Å²) in [5.74, 6) is -0.960. The first-order valence-corrected chi connectivity index (χ1v) is 6.48. The minimum Gasteiger partial charge on any atom is -0.480 e. The summed E-state index contributed by atoms with van der Waals surface area (Å²) in [5.41, 5.74) is 0. The standard InChI is InChI=1S/C11H11BrO3S/c12-8-1-3-9(4-2-8)16-11(10(14)15)5-7(11)6-13/h1-4,7,13H,5-6H2,(H,14,15). The third-order valence-electron chi connectivity index (χ3n) is 2.74. The van der Waals surface area contributed by atoms with E-state index in [-0.39, 0.29) is 12.5 Å². The molecule has 0 aliphatic heterocycles. The zero-order valence-corrected chi connectivity index (χ0v) is 10.8. The number of carboxylic acids is 1. The number of aliphatic hydroxyl groups is 1. The van der Waals surface area contributed by atoms with Crippen molar-refractivity contribution in [2.45, 2.75) is 16.1 Å². The fourth-order valence-corrected chi connectivity index (χ4v) is 3.23. The highest BCUT2D eigenvalue weighted by Crippen LogP contribution is 2.56. The van der Waals surface area contributed by atoms with Crippen molar-refractivity contribution in [2.24, 2.45) is 5.92 Å². The third-order valence-corrected chi connectivity index (χ3v) is 4.82. The molecular weight excluding hydrogens is 292 g/mol. The summed E-state index contributed by atoms with van der Waals surface area (Å²) in [6, 6.07) is 7.53. The molecule has 1 aliphatic rings. The average molecular weight is 303 g/mol. The first-order chi connectivity index (χ1) is 7.58. The summed E-state index contributed by atoms with van der Waals surface area (Å²) in [7, 11) is 0. The molecule has 0 saturated heterocycles. The number of carboxylic acid groups (broad SMARTS) is 1. The van der Waals surface area contributed by atoms with Crippen molar-refractivity contribution >= 4 is 33.7 Å². The van der Waals surface area contributed by atoms with Crippen LogP contribution in [0.1, 0.15) is 6.42 Å². The molecule has 3 nitrogen and oxygen atoms in total. The summed E-state index contributed by atoms with van der Waals surface area (Å²) < 4.78 is 0.151. The van der Waals surface area contributed by atoms with E-state index in [1.807, 2.05) is 24.3 Å². The highest BCUT2D eigenvalue weighted by Gasteiger charge is 2.61. The molecule has 2 N–H and O–H groups in total. The number of halogens is 1. The van der Waals surface area contributed by atoms with Crippen molar-refractivity contribution in [2.75, 3.05) is 6.61 Å². The zero-order valence-electron chi connectivity index (χ0n) is 8.39. The Hall–Kier alpha value is -0.520. The fraction of sp³-hybridized carbons (Fsp3) is 0.364. The number of aliphatic hydroxyl groups excluding tert-OH is 1. The van der Waals surface area contributed by atoms with Crippen molar-refractivity contribution in [3.63, 3.8) is 0 Å². The molecule has 1 aromatic rings. The summed E-state index contributed by atoms with van der Waals surface area (Å²) in [4.78, 5) is 12.1. The van der Waals surface area contributed by atoms with Crippen LogP contribution in [-0.4, -0.2) is 27.5 Å². The van der Waals surface area contributed by atoms with Gasteiger partial charge in [-0.05, 0) is 30.7 Å². The Morgan fingerprint density at radius 2 is 2.12 bits per heavy atom. The summed E-state index contributed by atoms with van der Waals surface area (Å²) >= 11 is 4.66. The Balaban J connectivity index is 2.14. The molecule has 1 fully saturated rings. The van der Waals surface area contributed by atoms with Crippen LogP contribution in [0.3, 0.4) is 0 Å². The Kier molecular flexibility index (Phi) is 3.28. The topological polar surface area (TPSA) is 57.5 Å². The minimum absolute atomic E-state index is 0.0597. The van der Waals surface area contributed by atoms with E-state index in [2.05, 4.69) is 15.9 Å². The number of benzene rings is 1. The van der Waals surface area contributed by atoms with Gasteiger partial charge in [-0.3, -0.25) is 4.79 Å². The van der Waals surface area contributed by atoms with E-state index in [4.69, 9.17) is 5.11 Å². The first kappa shape index (κ1) is 12.0. The van der Waals surface area contributed by atoms with Crippen LogP contribution >= 0.6 is 27.7 Å². The second-order valence-electron chi connectivity index (χ2n) is 3.83. The van der Waals surface area contributed by atoms with Gasteiger partial charge in [-0.2, -0.15) is 0 Å². The second-order valence-corrected chi connectivity index (χ2v) is 6.15. The fourth-order valence-electron chi connectivity index (χ4n) is 1.66. The molecule has 16 heavy (non-hydrogen) atoms. The van der Waals surface area contributed by atoms with Crippen LogP contribution < -0.4 is 0 Å². The molecule has 2 rings (SSSR count). The number of hydrogen-bond acceptors (Lipinski definition) is 3. The van der Waals surface area contributed by atoms with Gasteiger partial charge in [-0.15, -0.1) is 11.8 Å². The number of hydrogen-bond donors (Lipinski definition) is 2. The smallest absolute Gasteiger partial charge is 0.320 e. The molecule has 1 aromatic carbocycles. The van der Waals surface area contributed by atoms with E-state index in [1.165, 1.54) is 11.8 Å². The molecule has 0 heterocycles. The van der Waals surface area contributed by atoms with E-state index < -0.39 is 10.7 Å². The molecule has 0 aromatic heterocycles. The Bertz CT molecular complexity index is 406. The Labute approximate surface area is 106 Å². The number of carbonyl (C=O) groups is 1. The van der Waals surface area contributed by atoms with Crippen LogP contribution in [-0.2, 0) is 4.79 Å². The number of rotatable bonds is 4. The van der Waals surface area contributed by atoms with Gasteiger partial charge in [-0.25, -0.2) is 0 Å². The van der Waals surface area contributed by atoms with Crippen LogP contribution in [0.5, 0.6) is 0 Å². The van der Waals surface area contributed by atoms with Crippen molar-refractivity contribution in [3.05, 3.63) is 28.7 Å². The quantitative estimate of drug-likeness (QED) is 0.896. The Morgan fingerprint density at radius 3 is 2.56 bits per heavy atom. The van der Waals surface area contributed by atoms with Crippen LogP contribution in [0.25, 0.3) is 0 Å². The van der Waals surface area contributed by atoms with Crippen molar-refractivity contribution in [1.82, 2.24) is 0 Å². The van der Waals surface area contributed by atoms with Gasteiger partial charge in [0.2, 0.25) is 0 Å². The van der Waals surface area contributed by atoms with Gasteiger partial charge in [-0.1, -0.05) is 15.9 Å². The highest BCUT2D eigenvalue weighted by atomic mass is 79.9. The van der Waals surface area contributed by atoms with E-state index in [0.29, 0.717) is 6.42 Å². The lowest BCUT2D eigenvalue weighted by Crippen LogP contribution is -2.21. The second kappa shape index (κ2) is 4.39. The Morgan fingerprint density at radius 1 is 1.50 bits per heavy atom. The van der Waals surface area contributed by atoms with Gasteiger partial charge in [0.05, 0.1) is 0 Å². The molecule has 2 unspecified atom stereocenters. The lowest BCUT2D eigenvalue weighted by atomic mass is 10.3. The van der Waals surface area contributed by atoms with Gasteiger partial charge in [0, 0.05) is 21.9 Å². The van der Waals surface area contributed by atoms with E-state index in [0.717, 1.165) is 9.37 Å². The normalized spacial score (nSPS) is 27.8. The molecule has 5 heteroatoms. The molecule has 2 atom stereocenters. The molecule has 0 radical (unpaired) electrons. The summed E-state index contributed by atoms with van der Waals surface area (Å²) in [6.07, 6.45) is 0.541. The lowest BCUT2D eigenvalue weighted by Gasteiger charge is -2.11. The van der Waals surface area contributed by atoms with Gasteiger partial charge < -0.3 is 10.2 Å². The van der Waals surface area contributed by atoms with Crippen LogP contribution in [0.4, 0.5) is 0 Å². The largest absolute Gasteiger partial charge is 0.480 e. The van der Waals surface area contributed by atoms with Crippen molar-refractivity contribution in [3.8, 4) is 0 Å².